The van der Waals surface area contributed by atoms with Crippen molar-refractivity contribution in [1.82, 2.24) is 15.5 Å². The largest absolute Gasteiger partial charge is 0.401 e. The molecule has 0 rings (SSSR count). The molecule has 0 fully saturated rings. The minimum atomic E-state index is -4.14. The summed E-state index contributed by atoms with van der Waals surface area (Å²) in [7, 11) is 1.48. The first-order valence-corrected chi connectivity index (χ1v) is 8.59. The van der Waals surface area contributed by atoms with Crippen molar-refractivity contribution in [2.45, 2.75) is 39.8 Å². The van der Waals surface area contributed by atoms with Crippen LogP contribution >= 0.6 is 0 Å². The van der Waals surface area contributed by atoms with Gasteiger partial charge in [-0.25, -0.2) is 0 Å². The van der Waals surface area contributed by atoms with Gasteiger partial charge in [-0.3, -0.25) is 9.89 Å². The Hall–Kier alpha value is -1.02. The highest BCUT2D eigenvalue weighted by molar-refractivity contribution is 5.79. The van der Waals surface area contributed by atoms with Crippen LogP contribution in [0.4, 0.5) is 13.2 Å². The standard InChI is InChI=1S/C16H33F3N4O/c1-5-20-15(22-9-7-11-24-12-14(2)3)21-8-6-10-23(4)13-16(17,18)19/h14H,5-13H2,1-4H3,(H2,20,21,22). The van der Waals surface area contributed by atoms with Crippen LogP contribution in [0.5, 0.6) is 0 Å². The smallest absolute Gasteiger partial charge is 0.381 e. The molecule has 0 spiro atoms. The second kappa shape index (κ2) is 13.3. The Morgan fingerprint density at radius 3 is 2.50 bits per heavy atom. The molecule has 0 bridgehead atoms. The molecule has 0 heterocycles. The molecule has 0 aromatic carbocycles. The molecule has 8 heteroatoms. The summed E-state index contributed by atoms with van der Waals surface area (Å²) in [6, 6.07) is 0. The van der Waals surface area contributed by atoms with Crippen molar-refractivity contribution in [3.63, 3.8) is 0 Å². The fourth-order valence-electron chi connectivity index (χ4n) is 1.96. The molecule has 24 heavy (non-hydrogen) atoms. The van der Waals surface area contributed by atoms with Crippen LogP contribution in [0.25, 0.3) is 0 Å². The molecule has 5 nitrogen and oxygen atoms in total. The lowest BCUT2D eigenvalue weighted by Crippen LogP contribution is -2.39. The number of rotatable bonds is 12. The molecule has 2 N–H and O–H groups in total. The number of nitrogens with zero attached hydrogens (tertiary/aromatic N) is 2. The third-order valence-corrected chi connectivity index (χ3v) is 2.97. The first-order valence-electron chi connectivity index (χ1n) is 8.59. The van der Waals surface area contributed by atoms with Crippen LogP contribution in [0.3, 0.4) is 0 Å². The van der Waals surface area contributed by atoms with Crippen LogP contribution in [-0.4, -0.2) is 70.0 Å². The van der Waals surface area contributed by atoms with Gasteiger partial charge in [0.2, 0.25) is 0 Å². The highest BCUT2D eigenvalue weighted by Gasteiger charge is 2.28. The zero-order valence-electron chi connectivity index (χ0n) is 15.4. The summed E-state index contributed by atoms with van der Waals surface area (Å²) < 4.78 is 42.2. The van der Waals surface area contributed by atoms with Gasteiger partial charge in [0, 0.05) is 32.8 Å². The third-order valence-electron chi connectivity index (χ3n) is 2.97. The summed E-state index contributed by atoms with van der Waals surface area (Å²) in [6.45, 7) is 9.11. The monoisotopic (exact) mass is 354 g/mol. The van der Waals surface area contributed by atoms with E-state index < -0.39 is 12.7 Å². The molecule has 0 aromatic heterocycles. The molecule has 0 aromatic rings. The number of guanidine groups is 1. The van der Waals surface area contributed by atoms with Crippen molar-refractivity contribution in [2.75, 3.05) is 53.0 Å². The predicted octanol–water partition coefficient (Wildman–Crippen LogP) is 2.49. The number of ether oxygens (including phenoxy) is 1. The van der Waals surface area contributed by atoms with Crippen molar-refractivity contribution in [3.8, 4) is 0 Å². The van der Waals surface area contributed by atoms with Gasteiger partial charge in [-0.05, 0) is 39.3 Å². The van der Waals surface area contributed by atoms with Gasteiger partial charge in [0.1, 0.15) is 0 Å². The van der Waals surface area contributed by atoms with Crippen molar-refractivity contribution < 1.29 is 17.9 Å². The maximum Gasteiger partial charge on any atom is 0.401 e. The van der Waals surface area contributed by atoms with Gasteiger partial charge in [-0.15, -0.1) is 0 Å². The third kappa shape index (κ3) is 15.9. The van der Waals surface area contributed by atoms with E-state index in [2.05, 4.69) is 29.5 Å². The number of nitrogens with one attached hydrogen (secondary N) is 2. The molecule has 0 saturated carbocycles. The van der Waals surface area contributed by atoms with Crippen LogP contribution in [0.1, 0.15) is 33.6 Å². The van der Waals surface area contributed by atoms with Crippen molar-refractivity contribution >= 4 is 5.96 Å². The lowest BCUT2D eigenvalue weighted by atomic mass is 10.2. The van der Waals surface area contributed by atoms with E-state index in [9.17, 15) is 13.2 Å². The Kier molecular flexibility index (Phi) is 12.7. The lowest BCUT2D eigenvalue weighted by molar-refractivity contribution is -0.143. The molecule has 0 amide bonds. The van der Waals surface area contributed by atoms with Gasteiger partial charge in [-0.2, -0.15) is 13.2 Å². The molecule has 144 valence electrons. The summed E-state index contributed by atoms with van der Waals surface area (Å²) >= 11 is 0. The Bertz CT molecular complexity index is 336. The van der Waals surface area contributed by atoms with Gasteiger partial charge in [-0.1, -0.05) is 13.8 Å². The molecule has 0 aliphatic heterocycles. The van der Waals surface area contributed by atoms with Crippen LogP contribution in [0.2, 0.25) is 0 Å². The second-order valence-corrected chi connectivity index (χ2v) is 6.22. The Morgan fingerprint density at radius 1 is 1.21 bits per heavy atom. The summed E-state index contributed by atoms with van der Waals surface area (Å²) in [5, 5.41) is 6.26. The quantitative estimate of drug-likeness (QED) is 0.321. The average molecular weight is 354 g/mol. The van der Waals surface area contributed by atoms with Crippen LogP contribution in [0, 0.1) is 5.92 Å². The van der Waals surface area contributed by atoms with E-state index in [1.807, 2.05) is 6.92 Å². The fraction of sp³-hybridized carbons (Fsp3) is 0.938. The number of aliphatic imine (C=N–C) groups is 1. The van der Waals surface area contributed by atoms with E-state index in [4.69, 9.17) is 4.74 Å². The van der Waals surface area contributed by atoms with Gasteiger partial charge in [0.25, 0.3) is 0 Å². The second-order valence-electron chi connectivity index (χ2n) is 6.22. The lowest BCUT2D eigenvalue weighted by Gasteiger charge is -2.18. The highest BCUT2D eigenvalue weighted by atomic mass is 19.4. The van der Waals surface area contributed by atoms with E-state index in [0.717, 1.165) is 19.6 Å². The SMILES string of the molecule is CCNC(=NCCCOCC(C)C)NCCCN(C)CC(F)(F)F. The molecule has 0 aliphatic carbocycles. The number of hydrogen-bond acceptors (Lipinski definition) is 3. The van der Waals surface area contributed by atoms with Gasteiger partial charge < -0.3 is 15.4 Å². The number of alkyl halides is 3. The highest BCUT2D eigenvalue weighted by Crippen LogP contribution is 2.15. The minimum Gasteiger partial charge on any atom is -0.381 e. The van der Waals surface area contributed by atoms with Crippen molar-refractivity contribution in [2.24, 2.45) is 10.9 Å². The summed E-state index contributed by atoms with van der Waals surface area (Å²) in [4.78, 5) is 5.70. The summed E-state index contributed by atoms with van der Waals surface area (Å²) in [5.74, 6) is 1.22. The first kappa shape index (κ1) is 23.0. The van der Waals surface area contributed by atoms with E-state index in [-0.39, 0.29) is 0 Å². The zero-order chi connectivity index (χ0) is 18.4. The molecular weight excluding hydrogens is 321 g/mol. The van der Waals surface area contributed by atoms with Gasteiger partial charge in [0.15, 0.2) is 5.96 Å². The summed E-state index contributed by atoms with van der Waals surface area (Å²) in [5.41, 5.74) is 0. The minimum absolute atomic E-state index is 0.384. The molecule has 0 atom stereocenters. The molecule has 0 saturated heterocycles. The molecule has 0 radical (unpaired) electrons. The maximum absolute atomic E-state index is 12.2. The average Bonchev–Trinajstić information content (AvgIpc) is 2.44. The molecule has 0 unspecified atom stereocenters. The topological polar surface area (TPSA) is 48.9 Å². The van der Waals surface area contributed by atoms with Crippen LogP contribution in [0.15, 0.2) is 4.99 Å². The van der Waals surface area contributed by atoms with Crippen molar-refractivity contribution in [3.05, 3.63) is 0 Å². The maximum atomic E-state index is 12.2. The molecular formula is C16H33F3N4O. The van der Waals surface area contributed by atoms with E-state index in [1.165, 1.54) is 11.9 Å². The van der Waals surface area contributed by atoms with Crippen molar-refractivity contribution in [1.29, 1.82) is 0 Å². The van der Waals surface area contributed by atoms with E-state index in [0.29, 0.717) is 44.5 Å². The normalized spacial score (nSPS) is 13.0. The van der Waals surface area contributed by atoms with Gasteiger partial charge in [0.05, 0.1) is 6.54 Å². The van der Waals surface area contributed by atoms with Gasteiger partial charge >= 0.3 is 6.18 Å². The summed E-state index contributed by atoms with van der Waals surface area (Å²) in [6.07, 6.45) is -2.68. The first-order chi connectivity index (χ1) is 11.2. The number of hydrogen-bond donors (Lipinski definition) is 2. The Morgan fingerprint density at radius 2 is 1.92 bits per heavy atom. The zero-order valence-corrected chi connectivity index (χ0v) is 15.4. The Labute approximate surface area is 144 Å². The predicted molar refractivity (Wildman–Crippen MR) is 92.4 cm³/mol. The molecule has 0 aliphatic rings. The van der Waals surface area contributed by atoms with E-state index >= 15 is 0 Å². The van der Waals surface area contributed by atoms with Crippen LogP contribution < -0.4 is 10.6 Å². The van der Waals surface area contributed by atoms with Crippen LogP contribution in [-0.2, 0) is 4.74 Å². The fourth-order valence-corrected chi connectivity index (χ4v) is 1.96. The Balaban J connectivity index is 3.88. The number of halogens is 3. The van der Waals surface area contributed by atoms with E-state index in [1.54, 1.807) is 0 Å².